The summed E-state index contributed by atoms with van der Waals surface area (Å²) in [7, 11) is 0. The Hall–Kier alpha value is -0.750. The minimum absolute atomic E-state index is 0.0933. The SMILES string of the molecule is O=C1NC2(CCOC2)C(=O)N1CCSC1CCCCC1. The molecular weight excluding hydrogens is 276 g/mol. The van der Waals surface area contributed by atoms with Crippen molar-refractivity contribution in [2.24, 2.45) is 0 Å². The Morgan fingerprint density at radius 2 is 2.10 bits per heavy atom. The van der Waals surface area contributed by atoms with Crippen molar-refractivity contribution in [3.63, 3.8) is 0 Å². The second-order valence-electron chi connectivity index (χ2n) is 5.90. The van der Waals surface area contributed by atoms with Gasteiger partial charge in [0.2, 0.25) is 0 Å². The molecule has 1 atom stereocenters. The molecule has 3 rings (SSSR count). The van der Waals surface area contributed by atoms with E-state index in [9.17, 15) is 9.59 Å². The molecule has 1 spiro atoms. The summed E-state index contributed by atoms with van der Waals surface area (Å²) in [5, 5.41) is 3.54. The number of rotatable bonds is 4. The van der Waals surface area contributed by atoms with Crippen molar-refractivity contribution in [2.75, 3.05) is 25.5 Å². The molecule has 3 aliphatic rings. The van der Waals surface area contributed by atoms with Crippen LogP contribution < -0.4 is 5.32 Å². The van der Waals surface area contributed by atoms with Gasteiger partial charge in [0.05, 0.1) is 6.61 Å². The van der Waals surface area contributed by atoms with Crippen molar-refractivity contribution < 1.29 is 14.3 Å². The van der Waals surface area contributed by atoms with Gasteiger partial charge in [0.25, 0.3) is 5.91 Å². The van der Waals surface area contributed by atoms with Crippen molar-refractivity contribution in [2.45, 2.75) is 49.3 Å². The lowest BCUT2D eigenvalue weighted by molar-refractivity contribution is -0.131. The summed E-state index contributed by atoms with van der Waals surface area (Å²) in [6.07, 6.45) is 7.16. The van der Waals surface area contributed by atoms with E-state index in [0.29, 0.717) is 31.4 Å². The molecule has 3 amide bonds. The number of nitrogens with one attached hydrogen (secondary N) is 1. The molecule has 6 heteroatoms. The van der Waals surface area contributed by atoms with Crippen LogP contribution in [0.4, 0.5) is 4.79 Å². The van der Waals surface area contributed by atoms with Gasteiger partial charge in [-0.25, -0.2) is 4.79 Å². The fourth-order valence-corrected chi connectivity index (χ4v) is 4.54. The Balaban J connectivity index is 1.49. The van der Waals surface area contributed by atoms with E-state index in [4.69, 9.17) is 4.74 Å². The minimum Gasteiger partial charge on any atom is -0.378 e. The molecule has 3 fully saturated rings. The van der Waals surface area contributed by atoms with E-state index < -0.39 is 5.54 Å². The quantitative estimate of drug-likeness (QED) is 0.804. The molecule has 1 aliphatic carbocycles. The fraction of sp³-hybridized carbons (Fsp3) is 0.857. The molecule has 2 saturated heterocycles. The molecule has 0 radical (unpaired) electrons. The highest BCUT2D eigenvalue weighted by Gasteiger charge is 2.53. The summed E-state index contributed by atoms with van der Waals surface area (Å²) < 4.78 is 5.28. The van der Waals surface area contributed by atoms with Crippen molar-refractivity contribution in [1.29, 1.82) is 0 Å². The summed E-state index contributed by atoms with van der Waals surface area (Å²) in [6, 6.07) is -0.246. The first-order valence-electron chi connectivity index (χ1n) is 7.55. The Bertz CT molecular complexity index is 390. The number of carbonyl (C=O) groups excluding carboxylic acids is 2. The summed E-state index contributed by atoms with van der Waals surface area (Å²) in [4.78, 5) is 25.7. The Labute approximate surface area is 123 Å². The Morgan fingerprint density at radius 3 is 2.80 bits per heavy atom. The summed E-state index contributed by atoms with van der Waals surface area (Å²) in [5.41, 5.74) is -0.757. The molecule has 1 unspecified atom stereocenters. The van der Waals surface area contributed by atoms with Crippen LogP contribution in [0.1, 0.15) is 38.5 Å². The number of urea groups is 1. The highest BCUT2D eigenvalue weighted by Crippen LogP contribution is 2.30. The normalized spacial score (nSPS) is 31.3. The Kier molecular flexibility index (Phi) is 4.21. The van der Waals surface area contributed by atoms with Crippen LogP contribution in [-0.4, -0.2) is 53.1 Å². The summed E-state index contributed by atoms with van der Waals surface area (Å²) >= 11 is 1.91. The van der Waals surface area contributed by atoms with E-state index in [0.717, 1.165) is 5.75 Å². The third-order valence-electron chi connectivity index (χ3n) is 4.49. The molecule has 0 aromatic rings. The average molecular weight is 298 g/mol. The van der Waals surface area contributed by atoms with E-state index in [1.165, 1.54) is 37.0 Å². The third kappa shape index (κ3) is 2.68. The highest BCUT2D eigenvalue weighted by molar-refractivity contribution is 7.99. The number of ether oxygens (including phenoxy) is 1. The molecule has 0 aromatic carbocycles. The van der Waals surface area contributed by atoms with Crippen LogP contribution in [0, 0.1) is 0 Å². The molecule has 2 aliphatic heterocycles. The van der Waals surface area contributed by atoms with Crippen LogP contribution >= 0.6 is 11.8 Å². The average Bonchev–Trinajstić information content (AvgIpc) is 3.01. The number of carbonyl (C=O) groups is 2. The topological polar surface area (TPSA) is 58.6 Å². The predicted molar refractivity (Wildman–Crippen MR) is 77.7 cm³/mol. The predicted octanol–water partition coefficient (Wildman–Crippen LogP) is 1.76. The summed E-state index contributed by atoms with van der Waals surface area (Å²) in [6.45, 7) is 1.40. The molecule has 0 aromatic heterocycles. The summed E-state index contributed by atoms with van der Waals surface area (Å²) in [5.74, 6) is 0.755. The monoisotopic (exact) mass is 298 g/mol. The first-order valence-corrected chi connectivity index (χ1v) is 8.60. The van der Waals surface area contributed by atoms with Crippen molar-refractivity contribution >= 4 is 23.7 Å². The van der Waals surface area contributed by atoms with E-state index in [1.54, 1.807) is 0 Å². The van der Waals surface area contributed by atoms with E-state index in [-0.39, 0.29) is 11.9 Å². The lowest BCUT2D eigenvalue weighted by Crippen LogP contribution is -2.47. The number of hydrogen-bond donors (Lipinski definition) is 1. The smallest absolute Gasteiger partial charge is 0.325 e. The molecule has 5 nitrogen and oxygen atoms in total. The van der Waals surface area contributed by atoms with Crippen molar-refractivity contribution in [3.05, 3.63) is 0 Å². The van der Waals surface area contributed by atoms with Crippen LogP contribution in [0.25, 0.3) is 0 Å². The molecule has 20 heavy (non-hydrogen) atoms. The standard InChI is InChI=1S/C14H22N2O3S/c17-12-14(6-8-19-10-14)15-13(18)16(12)7-9-20-11-4-2-1-3-5-11/h11H,1-10H2,(H,15,18). The largest absolute Gasteiger partial charge is 0.378 e. The van der Waals surface area contributed by atoms with Gasteiger partial charge in [0, 0.05) is 30.6 Å². The van der Waals surface area contributed by atoms with Gasteiger partial charge in [-0.05, 0) is 12.8 Å². The van der Waals surface area contributed by atoms with E-state index >= 15 is 0 Å². The minimum atomic E-state index is -0.757. The zero-order valence-corrected chi connectivity index (χ0v) is 12.5. The zero-order chi connectivity index (χ0) is 14.0. The number of amides is 3. The van der Waals surface area contributed by atoms with Crippen molar-refractivity contribution in [1.82, 2.24) is 10.2 Å². The van der Waals surface area contributed by atoms with E-state index in [2.05, 4.69) is 5.32 Å². The van der Waals surface area contributed by atoms with Crippen LogP contribution in [0.5, 0.6) is 0 Å². The molecule has 2 heterocycles. The van der Waals surface area contributed by atoms with Gasteiger partial charge in [-0.3, -0.25) is 9.69 Å². The first kappa shape index (κ1) is 14.2. The molecule has 1 saturated carbocycles. The fourth-order valence-electron chi connectivity index (χ4n) is 3.25. The molecule has 0 bridgehead atoms. The number of thioether (sulfide) groups is 1. The van der Waals surface area contributed by atoms with Crippen LogP contribution in [0.2, 0.25) is 0 Å². The maximum atomic E-state index is 12.4. The van der Waals surface area contributed by atoms with Crippen LogP contribution in [0.3, 0.4) is 0 Å². The second kappa shape index (κ2) is 5.93. The maximum absolute atomic E-state index is 12.4. The lowest BCUT2D eigenvalue weighted by atomic mass is 9.99. The van der Waals surface area contributed by atoms with Gasteiger partial charge in [0.1, 0.15) is 5.54 Å². The second-order valence-corrected chi connectivity index (χ2v) is 7.31. The van der Waals surface area contributed by atoms with Gasteiger partial charge in [0.15, 0.2) is 0 Å². The zero-order valence-electron chi connectivity index (χ0n) is 11.7. The first-order chi connectivity index (χ1) is 9.71. The van der Waals surface area contributed by atoms with Crippen LogP contribution in [0.15, 0.2) is 0 Å². The number of hydrogen-bond acceptors (Lipinski definition) is 4. The maximum Gasteiger partial charge on any atom is 0.325 e. The van der Waals surface area contributed by atoms with Gasteiger partial charge in [-0.15, -0.1) is 0 Å². The molecular formula is C14H22N2O3S. The van der Waals surface area contributed by atoms with Gasteiger partial charge < -0.3 is 10.1 Å². The van der Waals surface area contributed by atoms with Gasteiger partial charge in [-0.2, -0.15) is 11.8 Å². The molecule has 1 N–H and O–H groups in total. The lowest BCUT2D eigenvalue weighted by Gasteiger charge is -2.22. The van der Waals surface area contributed by atoms with Gasteiger partial charge in [-0.1, -0.05) is 19.3 Å². The van der Waals surface area contributed by atoms with Gasteiger partial charge >= 0.3 is 6.03 Å². The third-order valence-corrected chi connectivity index (χ3v) is 5.85. The Morgan fingerprint density at radius 1 is 1.30 bits per heavy atom. The van der Waals surface area contributed by atoms with Crippen molar-refractivity contribution in [3.8, 4) is 0 Å². The highest BCUT2D eigenvalue weighted by atomic mass is 32.2. The molecule has 112 valence electrons. The van der Waals surface area contributed by atoms with E-state index in [1.807, 2.05) is 11.8 Å². The number of imide groups is 1. The van der Waals surface area contributed by atoms with Crippen LogP contribution in [-0.2, 0) is 9.53 Å². The number of nitrogens with zero attached hydrogens (tertiary/aromatic N) is 1.